The minimum atomic E-state index is -0.151. The summed E-state index contributed by atoms with van der Waals surface area (Å²) in [6.45, 7) is 0.425. The lowest BCUT2D eigenvalue weighted by Crippen LogP contribution is -2.23. The zero-order valence-corrected chi connectivity index (χ0v) is 10.3. The molecule has 2 rings (SSSR count). The molecule has 0 unspecified atom stereocenters. The molecule has 94 valence electrons. The summed E-state index contributed by atoms with van der Waals surface area (Å²) in [6, 6.07) is 5.38. The topological polar surface area (TPSA) is 73.9 Å². The molecule has 2 heterocycles. The molecule has 1 amide bonds. The Labute approximate surface area is 105 Å². The second kappa shape index (κ2) is 5.31. The summed E-state index contributed by atoms with van der Waals surface area (Å²) < 4.78 is 0. The summed E-state index contributed by atoms with van der Waals surface area (Å²) in [7, 11) is 3.81. The van der Waals surface area contributed by atoms with Gasteiger partial charge in [-0.05, 0) is 18.2 Å². The number of H-pyrrole nitrogens is 1. The molecule has 18 heavy (non-hydrogen) atoms. The van der Waals surface area contributed by atoms with Crippen molar-refractivity contribution >= 4 is 11.7 Å². The van der Waals surface area contributed by atoms with Crippen molar-refractivity contribution in [3.05, 3.63) is 41.9 Å². The van der Waals surface area contributed by atoms with Gasteiger partial charge in [-0.3, -0.25) is 9.89 Å². The molecule has 0 fully saturated rings. The Morgan fingerprint density at radius 3 is 2.78 bits per heavy atom. The molecular weight excluding hydrogens is 230 g/mol. The largest absolute Gasteiger partial charge is 0.363 e. The number of anilines is 1. The number of nitrogens with one attached hydrogen (secondary N) is 2. The molecule has 0 aromatic carbocycles. The van der Waals surface area contributed by atoms with Gasteiger partial charge in [-0.2, -0.15) is 5.10 Å². The molecule has 6 heteroatoms. The molecule has 0 aliphatic rings. The monoisotopic (exact) mass is 245 g/mol. The van der Waals surface area contributed by atoms with E-state index in [1.54, 1.807) is 18.5 Å². The average molecular weight is 245 g/mol. The minimum Gasteiger partial charge on any atom is -0.363 e. The molecule has 6 nitrogen and oxygen atoms in total. The van der Waals surface area contributed by atoms with Crippen molar-refractivity contribution in [2.75, 3.05) is 19.0 Å². The Bertz CT molecular complexity index is 504. The predicted molar refractivity (Wildman–Crippen MR) is 68.3 cm³/mol. The van der Waals surface area contributed by atoms with Crippen LogP contribution in [-0.4, -0.2) is 35.2 Å². The fourth-order valence-electron chi connectivity index (χ4n) is 1.45. The summed E-state index contributed by atoms with van der Waals surface area (Å²) >= 11 is 0. The second-order valence-corrected chi connectivity index (χ2v) is 4.06. The molecule has 0 aliphatic heterocycles. The fraction of sp³-hybridized carbons (Fsp3) is 0.250. The van der Waals surface area contributed by atoms with Gasteiger partial charge in [0.15, 0.2) is 0 Å². The maximum atomic E-state index is 11.8. The quantitative estimate of drug-likeness (QED) is 0.835. The first-order valence-electron chi connectivity index (χ1n) is 5.56. The zero-order chi connectivity index (χ0) is 13.0. The SMILES string of the molecule is CN(C)c1ccc(C(=O)NCc2ccn[nH]2)cn1. The lowest BCUT2D eigenvalue weighted by Gasteiger charge is -2.11. The number of aromatic nitrogens is 3. The van der Waals surface area contributed by atoms with E-state index < -0.39 is 0 Å². The highest BCUT2D eigenvalue weighted by Gasteiger charge is 2.06. The third-order valence-electron chi connectivity index (χ3n) is 2.47. The molecular formula is C12H15N5O. The van der Waals surface area contributed by atoms with Gasteiger partial charge in [0.1, 0.15) is 5.82 Å². The summed E-state index contributed by atoms with van der Waals surface area (Å²) in [4.78, 5) is 17.9. The fourth-order valence-corrected chi connectivity index (χ4v) is 1.45. The smallest absolute Gasteiger partial charge is 0.253 e. The van der Waals surface area contributed by atoms with Crippen LogP contribution in [0.5, 0.6) is 0 Å². The van der Waals surface area contributed by atoms with E-state index in [2.05, 4.69) is 20.5 Å². The molecule has 0 aliphatic carbocycles. The number of hydrogen-bond acceptors (Lipinski definition) is 4. The predicted octanol–water partition coefficient (Wildman–Crippen LogP) is 0.801. The molecule has 0 atom stereocenters. The molecule has 2 N–H and O–H groups in total. The Morgan fingerprint density at radius 2 is 2.22 bits per heavy atom. The van der Waals surface area contributed by atoms with Crippen LogP contribution in [0.3, 0.4) is 0 Å². The number of aromatic amines is 1. The maximum absolute atomic E-state index is 11.8. The highest BCUT2D eigenvalue weighted by Crippen LogP contribution is 2.07. The van der Waals surface area contributed by atoms with Crippen molar-refractivity contribution < 1.29 is 4.79 Å². The number of amides is 1. The van der Waals surface area contributed by atoms with Gasteiger partial charge in [0.2, 0.25) is 0 Å². The third-order valence-corrected chi connectivity index (χ3v) is 2.47. The van der Waals surface area contributed by atoms with Crippen LogP contribution in [0, 0.1) is 0 Å². The summed E-state index contributed by atoms with van der Waals surface area (Å²) in [5.74, 6) is 0.669. The Morgan fingerprint density at radius 1 is 1.39 bits per heavy atom. The highest BCUT2D eigenvalue weighted by molar-refractivity contribution is 5.93. The summed E-state index contributed by atoms with van der Waals surface area (Å²) in [5.41, 5.74) is 1.40. The first-order valence-corrected chi connectivity index (χ1v) is 5.56. The van der Waals surface area contributed by atoms with E-state index in [0.29, 0.717) is 12.1 Å². The van der Waals surface area contributed by atoms with Crippen molar-refractivity contribution in [2.24, 2.45) is 0 Å². The van der Waals surface area contributed by atoms with Crippen LogP contribution in [-0.2, 0) is 6.54 Å². The van der Waals surface area contributed by atoms with Crippen LogP contribution in [0.4, 0.5) is 5.82 Å². The molecule has 0 radical (unpaired) electrons. The number of carbonyl (C=O) groups excluding carboxylic acids is 1. The van der Waals surface area contributed by atoms with E-state index >= 15 is 0 Å². The minimum absolute atomic E-state index is 0.151. The van der Waals surface area contributed by atoms with E-state index in [1.165, 1.54) is 0 Å². The van der Waals surface area contributed by atoms with E-state index in [4.69, 9.17) is 0 Å². The molecule has 0 saturated heterocycles. The third kappa shape index (κ3) is 2.85. The van der Waals surface area contributed by atoms with E-state index in [-0.39, 0.29) is 5.91 Å². The van der Waals surface area contributed by atoms with Gasteiger partial charge >= 0.3 is 0 Å². The lowest BCUT2D eigenvalue weighted by atomic mass is 10.2. The Balaban J connectivity index is 1.96. The van der Waals surface area contributed by atoms with Crippen molar-refractivity contribution in [3.8, 4) is 0 Å². The highest BCUT2D eigenvalue weighted by atomic mass is 16.1. The van der Waals surface area contributed by atoms with Crippen molar-refractivity contribution in [1.82, 2.24) is 20.5 Å². The molecule has 0 spiro atoms. The van der Waals surface area contributed by atoms with Crippen LogP contribution in [0.25, 0.3) is 0 Å². The van der Waals surface area contributed by atoms with Crippen LogP contribution in [0.15, 0.2) is 30.6 Å². The second-order valence-electron chi connectivity index (χ2n) is 4.06. The van der Waals surface area contributed by atoms with Crippen molar-refractivity contribution in [1.29, 1.82) is 0 Å². The van der Waals surface area contributed by atoms with Crippen molar-refractivity contribution in [3.63, 3.8) is 0 Å². The molecule has 0 saturated carbocycles. The number of carbonyl (C=O) groups is 1. The summed E-state index contributed by atoms with van der Waals surface area (Å²) in [5, 5.41) is 9.38. The standard InChI is InChI=1S/C12H15N5O/c1-17(2)11-4-3-9(7-13-11)12(18)14-8-10-5-6-15-16-10/h3-7H,8H2,1-2H3,(H,14,18)(H,15,16). The van der Waals surface area contributed by atoms with Crippen molar-refractivity contribution in [2.45, 2.75) is 6.54 Å². The van der Waals surface area contributed by atoms with Crippen LogP contribution < -0.4 is 10.2 Å². The molecule has 2 aromatic heterocycles. The first kappa shape index (κ1) is 12.1. The zero-order valence-electron chi connectivity index (χ0n) is 10.3. The van der Waals surface area contributed by atoms with E-state index in [0.717, 1.165) is 11.5 Å². The Kier molecular flexibility index (Phi) is 3.57. The van der Waals surface area contributed by atoms with Gasteiger partial charge < -0.3 is 10.2 Å². The van der Waals surface area contributed by atoms with Gasteiger partial charge in [0.25, 0.3) is 5.91 Å². The van der Waals surface area contributed by atoms with Gasteiger partial charge in [-0.1, -0.05) is 0 Å². The lowest BCUT2D eigenvalue weighted by molar-refractivity contribution is 0.0950. The average Bonchev–Trinajstić information content (AvgIpc) is 2.89. The molecule has 0 bridgehead atoms. The van der Waals surface area contributed by atoms with Crippen LogP contribution in [0.2, 0.25) is 0 Å². The van der Waals surface area contributed by atoms with E-state index in [1.807, 2.05) is 31.1 Å². The number of hydrogen-bond donors (Lipinski definition) is 2. The van der Waals surface area contributed by atoms with Gasteiger partial charge in [-0.15, -0.1) is 0 Å². The maximum Gasteiger partial charge on any atom is 0.253 e. The first-order chi connectivity index (χ1) is 8.66. The number of pyridine rings is 1. The molecule has 2 aromatic rings. The normalized spacial score (nSPS) is 10.1. The van der Waals surface area contributed by atoms with E-state index in [9.17, 15) is 4.79 Å². The van der Waals surface area contributed by atoms with Crippen LogP contribution in [0.1, 0.15) is 16.1 Å². The number of nitrogens with zero attached hydrogens (tertiary/aromatic N) is 3. The Hall–Kier alpha value is -2.37. The number of rotatable bonds is 4. The van der Waals surface area contributed by atoms with Gasteiger partial charge in [-0.25, -0.2) is 4.98 Å². The van der Waals surface area contributed by atoms with Crippen LogP contribution >= 0.6 is 0 Å². The van der Waals surface area contributed by atoms with Gasteiger partial charge in [0, 0.05) is 26.5 Å². The summed E-state index contributed by atoms with van der Waals surface area (Å²) in [6.07, 6.45) is 3.21. The van der Waals surface area contributed by atoms with Gasteiger partial charge in [0.05, 0.1) is 17.8 Å².